The van der Waals surface area contributed by atoms with Crippen molar-refractivity contribution in [3.05, 3.63) is 45.3 Å². The normalized spacial score (nSPS) is 13.2. The number of aryl methyl sites for hydroxylation is 1. The van der Waals surface area contributed by atoms with E-state index in [4.69, 9.17) is 17.3 Å². The fourth-order valence-electron chi connectivity index (χ4n) is 3.23. The number of carbonyl (C=O) groups is 2. The number of carbonyl (C=O) groups excluding carboxylic acids is 2. The predicted octanol–water partition coefficient (Wildman–Crippen LogP) is 2.67. The van der Waals surface area contributed by atoms with Gasteiger partial charge in [0.25, 0.3) is 5.91 Å². The van der Waals surface area contributed by atoms with Crippen molar-refractivity contribution in [2.24, 2.45) is 5.73 Å². The van der Waals surface area contributed by atoms with Crippen LogP contribution in [-0.4, -0.2) is 32.0 Å². The van der Waals surface area contributed by atoms with Gasteiger partial charge in [-0.3, -0.25) is 9.59 Å². The minimum absolute atomic E-state index is 0.124. The summed E-state index contributed by atoms with van der Waals surface area (Å²) in [6.07, 6.45) is 3.82. The summed E-state index contributed by atoms with van der Waals surface area (Å²) in [5.74, 6) is -0.464. The first-order valence-electron chi connectivity index (χ1n) is 8.79. The number of fused-ring (bicyclic) bond motifs is 1. The van der Waals surface area contributed by atoms with E-state index in [1.807, 2.05) is 0 Å². The molecule has 3 aromatic rings. The highest BCUT2D eigenvalue weighted by atomic mass is 35.5. The van der Waals surface area contributed by atoms with E-state index in [0.717, 1.165) is 41.7 Å². The Kier molecular flexibility index (Phi) is 5.10. The summed E-state index contributed by atoms with van der Waals surface area (Å²) in [6.45, 7) is -0.124. The van der Waals surface area contributed by atoms with E-state index >= 15 is 0 Å². The third-order valence-electron chi connectivity index (χ3n) is 4.51. The van der Waals surface area contributed by atoms with E-state index in [1.165, 1.54) is 16.1 Å². The Morgan fingerprint density at radius 3 is 2.71 bits per heavy atom. The Bertz CT molecular complexity index is 1040. The largest absolute Gasteiger partial charge is 0.365 e. The lowest BCUT2D eigenvalue weighted by Crippen LogP contribution is -2.22. The Morgan fingerprint density at radius 1 is 1.21 bits per heavy atom. The van der Waals surface area contributed by atoms with Crippen molar-refractivity contribution in [1.82, 2.24) is 20.2 Å². The van der Waals surface area contributed by atoms with Crippen molar-refractivity contribution in [3.8, 4) is 11.4 Å². The highest BCUT2D eigenvalue weighted by Gasteiger charge is 2.25. The zero-order valence-electron chi connectivity index (χ0n) is 14.8. The summed E-state index contributed by atoms with van der Waals surface area (Å²) in [6, 6.07) is 7.01. The molecule has 1 aromatic carbocycles. The third-order valence-corrected chi connectivity index (χ3v) is 5.97. The molecule has 144 valence electrons. The molecule has 28 heavy (non-hydrogen) atoms. The molecule has 1 aliphatic rings. The van der Waals surface area contributed by atoms with Gasteiger partial charge in [-0.2, -0.15) is 4.80 Å². The molecule has 1 aliphatic carbocycles. The van der Waals surface area contributed by atoms with Crippen LogP contribution in [0.5, 0.6) is 0 Å². The number of anilines is 1. The number of thiophene rings is 1. The molecule has 0 fully saturated rings. The molecule has 0 saturated carbocycles. The van der Waals surface area contributed by atoms with Gasteiger partial charge in [0, 0.05) is 15.5 Å². The molecular formula is C18H17ClN6O2S. The fraction of sp³-hybridized carbons (Fsp3) is 0.278. The number of aromatic nitrogens is 4. The van der Waals surface area contributed by atoms with Crippen LogP contribution in [-0.2, 0) is 24.2 Å². The number of tetrazole rings is 1. The van der Waals surface area contributed by atoms with E-state index in [1.54, 1.807) is 24.3 Å². The number of primary amides is 1. The molecule has 0 aliphatic heterocycles. The number of hydrogen-bond acceptors (Lipinski definition) is 6. The molecule has 0 bridgehead atoms. The Balaban J connectivity index is 1.49. The lowest BCUT2D eigenvalue weighted by Gasteiger charge is -2.11. The second-order valence-electron chi connectivity index (χ2n) is 6.48. The molecule has 2 aromatic heterocycles. The number of halogens is 1. The summed E-state index contributed by atoms with van der Waals surface area (Å²) in [7, 11) is 0. The van der Waals surface area contributed by atoms with E-state index < -0.39 is 5.91 Å². The summed E-state index contributed by atoms with van der Waals surface area (Å²) in [5.41, 5.74) is 7.71. The quantitative estimate of drug-likeness (QED) is 0.663. The molecule has 4 rings (SSSR count). The second-order valence-corrected chi connectivity index (χ2v) is 8.02. The average Bonchev–Trinajstić information content (AvgIpc) is 3.26. The van der Waals surface area contributed by atoms with Gasteiger partial charge in [0.1, 0.15) is 11.5 Å². The molecule has 0 radical (unpaired) electrons. The number of benzene rings is 1. The lowest BCUT2D eigenvalue weighted by atomic mass is 9.95. The van der Waals surface area contributed by atoms with Crippen molar-refractivity contribution >= 4 is 39.8 Å². The molecule has 0 unspecified atom stereocenters. The first kappa shape index (κ1) is 18.6. The Hall–Kier alpha value is -2.78. The number of rotatable bonds is 5. The van der Waals surface area contributed by atoms with Crippen molar-refractivity contribution in [3.63, 3.8) is 0 Å². The number of amides is 2. The van der Waals surface area contributed by atoms with Crippen LogP contribution in [0.3, 0.4) is 0 Å². The first-order chi connectivity index (χ1) is 13.5. The molecule has 2 heterocycles. The van der Waals surface area contributed by atoms with Crippen LogP contribution in [0.15, 0.2) is 24.3 Å². The van der Waals surface area contributed by atoms with Crippen LogP contribution in [0.25, 0.3) is 11.4 Å². The monoisotopic (exact) mass is 416 g/mol. The van der Waals surface area contributed by atoms with Gasteiger partial charge in [-0.15, -0.1) is 21.5 Å². The molecule has 0 spiro atoms. The topological polar surface area (TPSA) is 116 Å². The van der Waals surface area contributed by atoms with Gasteiger partial charge in [0.2, 0.25) is 11.7 Å². The van der Waals surface area contributed by atoms with E-state index in [-0.39, 0.29) is 12.5 Å². The average molecular weight is 417 g/mol. The van der Waals surface area contributed by atoms with Gasteiger partial charge in [-0.25, -0.2) is 0 Å². The molecule has 8 nitrogen and oxygen atoms in total. The maximum atomic E-state index is 12.5. The van der Waals surface area contributed by atoms with Crippen LogP contribution in [0.1, 0.15) is 33.6 Å². The SMILES string of the molecule is NC(=O)c1c(NC(=O)Cn2nnc(-c3ccc(Cl)cc3)n2)sc2c1CCCC2. The minimum atomic E-state index is -0.515. The highest BCUT2D eigenvalue weighted by molar-refractivity contribution is 7.17. The van der Waals surface area contributed by atoms with Crippen molar-refractivity contribution in [2.45, 2.75) is 32.2 Å². The fourth-order valence-corrected chi connectivity index (χ4v) is 4.67. The standard InChI is InChI=1S/C18H17ClN6O2S/c19-11-7-5-10(6-8-11)17-22-24-25(23-17)9-14(26)21-18-15(16(20)27)12-3-1-2-4-13(12)28-18/h5-8H,1-4,9H2,(H2,20,27)(H,21,26). The number of nitrogens with two attached hydrogens (primary N) is 1. The zero-order valence-corrected chi connectivity index (χ0v) is 16.4. The summed E-state index contributed by atoms with van der Waals surface area (Å²) < 4.78 is 0. The van der Waals surface area contributed by atoms with Gasteiger partial charge in [0.15, 0.2) is 0 Å². The molecule has 0 atom stereocenters. The maximum Gasteiger partial charge on any atom is 0.251 e. The van der Waals surface area contributed by atoms with Crippen LogP contribution < -0.4 is 11.1 Å². The number of nitrogens with one attached hydrogen (secondary N) is 1. The number of nitrogens with zero attached hydrogens (tertiary/aromatic N) is 4. The van der Waals surface area contributed by atoms with Crippen LogP contribution in [0.4, 0.5) is 5.00 Å². The summed E-state index contributed by atoms with van der Waals surface area (Å²) in [5, 5.41) is 16.0. The first-order valence-corrected chi connectivity index (χ1v) is 9.98. The third kappa shape index (κ3) is 3.76. The minimum Gasteiger partial charge on any atom is -0.365 e. The molecule has 10 heteroatoms. The molecule has 3 N–H and O–H groups in total. The van der Waals surface area contributed by atoms with E-state index in [2.05, 4.69) is 20.7 Å². The Morgan fingerprint density at radius 2 is 1.96 bits per heavy atom. The zero-order chi connectivity index (χ0) is 19.7. The lowest BCUT2D eigenvalue weighted by molar-refractivity contribution is -0.117. The summed E-state index contributed by atoms with van der Waals surface area (Å²) >= 11 is 7.30. The van der Waals surface area contributed by atoms with Gasteiger partial charge < -0.3 is 11.1 Å². The van der Waals surface area contributed by atoms with Crippen LogP contribution >= 0.6 is 22.9 Å². The predicted molar refractivity (Wildman–Crippen MR) is 106 cm³/mol. The Labute approximate surface area is 169 Å². The van der Waals surface area contributed by atoms with Gasteiger partial charge in [-0.05, 0) is 60.7 Å². The van der Waals surface area contributed by atoms with Gasteiger partial charge in [0.05, 0.1) is 5.56 Å². The number of hydrogen-bond donors (Lipinski definition) is 2. The maximum absolute atomic E-state index is 12.5. The molecular weight excluding hydrogens is 400 g/mol. The molecule has 2 amide bonds. The second kappa shape index (κ2) is 7.69. The smallest absolute Gasteiger partial charge is 0.251 e. The van der Waals surface area contributed by atoms with Crippen LogP contribution in [0.2, 0.25) is 5.02 Å². The van der Waals surface area contributed by atoms with Crippen molar-refractivity contribution in [1.29, 1.82) is 0 Å². The molecule has 0 saturated heterocycles. The van der Waals surface area contributed by atoms with E-state index in [9.17, 15) is 9.59 Å². The van der Waals surface area contributed by atoms with Gasteiger partial charge >= 0.3 is 0 Å². The van der Waals surface area contributed by atoms with E-state index in [0.29, 0.717) is 21.4 Å². The van der Waals surface area contributed by atoms with Crippen molar-refractivity contribution in [2.75, 3.05) is 5.32 Å². The van der Waals surface area contributed by atoms with Gasteiger partial charge in [-0.1, -0.05) is 11.6 Å². The highest BCUT2D eigenvalue weighted by Crippen LogP contribution is 2.37. The van der Waals surface area contributed by atoms with Crippen molar-refractivity contribution < 1.29 is 9.59 Å². The summed E-state index contributed by atoms with van der Waals surface area (Å²) in [4.78, 5) is 26.7. The van der Waals surface area contributed by atoms with Crippen LogP contribution in [0, 0.1) is 0 Å².